The number of ketones is 1. The highest BCUT2D eigenvalue weighted by atomic mass is 16.5. The third kappa shape index (κ3) is 2.97. The fourth-order valence-corrected chi connectivity index (χ4v) is 2.82. The molecule has 0 saturated heterocycles. The van der Waals surface area contributed by atoms with Gasteiger partial charge in [0.15, 0.2) is 17.3 Å². The standard InChI is InChI=1S/C17H19N3O3/c1-10(21)12-8-18-17(19-9-12)20-14-5-4-11-6-15(22-2)16(23-3)7-13(11)14/h6-9,14H,4-5H2,1-3H3,(H,18,19,20)/t14-/m1/s1. The smallest absolute Gasteiger partial charge is 0.223 e. The molecule has 0 saturated carbocycles. The molecule has 1 aromatic heterocycles. The predicted molar refractivity (Wildman–Crippen MR) is 86.3 cm³/mol. The number of fused-ring (bicyclic) bond motifs is 1. The van der Waals surface area contributed by atoms with Crippen molar-refractivity contribution >= 4 is 11.7 Å². The lowest BCUT2D eigenvalue weighted by atomic mass is 10.1. The van der Waals surface area contributed by atoms with Crippen LogP contribution in [0.1, 0.15) is 40.9 Å². The molecule has 6 nitrogen and oxygen atoms in total. The summed E-state index contributed by atoms with van der Waals surface area (Å²) >= 11 is 0. The maximum absolute atomic E-state index is 11.3. The fourth-order valence-electron chi connectivity index (χ4n) is 2.82. The van der Waals surface area contributed by atoms with Gasteiger partial charge in [0.25, 0.3) is 0 Å². The molecule has 6 heteroatoms. The Morgan fingerprint density at radius 1 is 1.17 bits per heavy atom. The van der Waals surface area contributed by atoms with Crippen molar-refractivity contribution in [3.63, 3.8) is 0 Å². The Morgan fingerprint density at radius 3 is 2.43 bits per heavy atom. The normalized spacial score (nSPS) is 15.9. The van der Waals surface area contributed by atoms with Gasteiger partial charge < -0.3 is 14.8 Å². The molecule has 3 rings (SSSR count). The predicted octanol–water partition coefficient (Wildman–Crippen LogP) is 2.80. The van der Waals surface area contributed by atoms with Crippen molar-refractivity contribution in [3.05, 3.63) is 41.2 Å². The summed E-state index contributed by atoms with van der Waals surface area (Å²) in [6.45, 7) is 1.50. The molecule has 0 spiro atoms. The zero-order valence-corrected chi connectivity index (χ0v) is 13.4. The first-order valence-electron chi connectivity index (χ1n) is 7.46. The molecule has 1 N–H and O–H groups in total. The molecule has 0 bridgehead atoms. The Balaban J connectivity index is 1.83. The number of nitrogens with one attached hydrogen (secondary N) is 1. The first-order valence-corrected chi connectivity index (χ1v) is 7.46. The van der Waals surface area contributed by atoms with Gasteiger partial charge in [-0.05, 0) is 43.0 Å². The summed E-state index contributed by atoms with van der Waals surface area (Å²) < 4.78 is 10.7. The van der Waals surface area contributed by atoms with Crippen LogP contribution in [0.4, 0.5) is 5.95 Å². The highest BCUT2D eigenvalue weighted by molar-refractivity contribution is 5.93. The SMILES string of the molecule is COc1cc2c(cc1OC)[C@H](Nc1ncc(C(C)=O)cn1)CC2. The van der Waals surface area contributed by atoms with Crippen LogP contribution in [0.3, 0.4) is 0 Å². The van der Waals surface area contributed by atoms with Gasteiger partial charge in [0, 0.05) is 12.4 Å². The van der Waals surface area contributed by atoms with Crippen LogP contribution in [0.15, 0.2) is 24.5 Å². The minimum absolute atomic E-state index is 0.0420. The van der Waals surface area contributed by atoms with E-state index < -0.39 is 0 Å². The van der Waals surface area contributed by atoms with E-state index in [1.165, 1.54) is 18.1 Å². The third-order valence-electron chi connectivity index (χ3n) is 4.08. The molecule has 0 fully saturated rings. The largest absolute Gasteiger partial charge is 0.493 e. The summed E-state index contributed by atoms with van der Waals surface area (Å²) in [6, 6.07) is 4.14. The van der Waals surface area contributed by atoms with Crippen molar-refractivity contribution in [2.24, 2.45) is 0 Å². The van der Waals surface area contributed by atoms with Crippen LogP contribution in [-0.2, 0) is 6.42 Å². The molecule has 0 amide bonds. The van der Waals surface area contributed by atoms with E-state index in [1.54, 1.807) is 26.6 Å². The number of rotatable bonds is 5. The van der Waals surface area contributed by atoms with Crippen molar-refractivity contribution < 1.29 is 14.3 Å². The summed E-state index contributed by atoms with van der Waals surface area (Å²) in [5.41, 5.74) is 2.91. The molecule has 1 aliphatic carbocycles. The van der Waals surface area contributed by atoms with E-state index >= 15 is 0 Å². The molecule has 1 aliphatic rings. The highest BCUT2D eigenvalue weighted by Gasteiger charge is 2.25. The third-order valence-corrected chi connectivity index (χ3v) is 4.08. The lowest BCUT2D eigenvalue weighted by molar-refractivity contribution is 0.101. The van der Waals surface area contributed by atoms with Gasteiger partial charge in [-0.2, -0.15) is 0 Å². The molecule has 120 valence electrons. The van der Waals surface area contributed by atoms with E-state index in [-0.39, 0.29) is 11.8 Å². The van der Waals surface area contributed by atoms with E-state index in [1.807, 2.05) is 12.1 Å². The van der Waals surface area contributed by atoms with Gasteiger partial charge in [-0.1, -0.05) is 0 Å². The zero-order chi connectivity index (χ0) is 16.4. The number of hydrogen-bond donors (Lipinski definition) is 1. The quantitative estimate of drug-likeness (QED) is 0.856. The number of benzene rings is 1. The van der Waals surface area contributed by atoms with Crippen LogP contribution >= 0.6 is 0 Å². The highest BCUT2D eigenvalue weighted by Crippen LogP contribution is 2.40. The second-order valence-corrected chi connectivity index (χ2v) is 5.49. The van der Waals surface area contributed by atoms with Gasteiger partial charge in [0.05, 0.1) is 25.8 Å². The molecule has 2 aromatic rings. The number of anilines is 1. The van der Waals surface area contributed by atoms with E-state index in [9.17, 15) is 4.79 Å². The molecule has 1 heterocycles. The first-order chi connectivity index (χ1) is 11.1. The average molecular weight is 313 g/mol. The number of Topliss-reactive ketones (excluding diaryl/α,β-unsaturated/α-hetero) is 1. The van der Waals surface area contributed by atoms with Gasteiger partial charge in [-0.3, -0.25) is 4.79 Å². The molecular weight excluding hydrogens is 294 g/mol. The molecule has 1 aromatic carbocycles. The van der Waals surface area contributed by atoms with Crippen molar-refractivity contribution in [1.82, 2.24) is 9.97 Å². The summed E-state index contributed by atoms with van der Waals surface area (Å²) in [6.07, 6.45) is 4.99. The Hall–Kier alpha value is -2.63. The van der Waals surface area contributed by atoms with E-state index in [0.717, 1.165) is 18.6 Å². The number of carbonyl (C=O) groups excluding carboxylic acids is 1. The van der Waals surface area contributed by atoms with Crippen LogP contribution in [0, 0.1) is 0 Å². The van der Waals surface area contributed by atoms with E-state index in [0.29, 0.717) is 17.3 Å². The van der Waals surface area contributed by atoms with Gasteiger partial charge in [-0.15, -0.1) is 0 Å². The number of carbonyl (C=O) groups is 1. The molecule has 23 heavy (non-hydrogen) atoms. The van der Waals surface area contributed by atoms with Crippen LogP contribution in [0.5, 0.6) is 11.5 Å². The van der Waals surface area contributed by atoms with Gasteiger partial charge >= 0.3 is 0 Å². The molecule has 0 aliphatic heterocycles. The number of aromatic nitrogens is 2. The number of methoxy groups -OCH3 is 2. The summed E-state index contributed by atoms with van der Waals surface area (Å²) in [5, 5.41) is 3.32. The molecule has 0 radical (unpaired) electrons. The van der Waals surface area contributed by atoms with Crippen LogP contribution < -0.4 is 14.8 Å². The Bertz CT molecular complexity index is 729. The number of aryl methyl sites for hydroxylation is 1. The Kier molecular flexibility index (Phi) is 4.14. The Labute approximate surface area is 134 Å². The summed E-state index contributed by atoms with van der Waals surface area (Å²) in [7, 11) is 3.27. The van der Waals surface area contributed by atoms with E-state index in [2.05, 4.69) is 15.3 Å². The molecule has 0 unspecified atom stereocenters. The van der Waals surface area contributed by atoms with Crippen molar-refractivity contribution in [3.8, 4) is 11.5 Å². The molecule has 1 atom stereocenters. The first kappa shape index (κ1) is 15.3. The van der Waals surface area contributed by atoms with Crippen LogP contribution in [0.25, 0.3) is 0 Å². The van der Waals surface area contributed by atoms with Crippen molar-refractivity contribution in [1.29, 1.82) is 0 Å². The number of nitrogens with zero attached hydrogens (tertiary/aromatic N) is 2. The fraction of sp³-hybridized carbons (Fsp3) is 0.353. The lowest BCUT2D eigenvalue weighted by Crippen LogP contribution is -2.10. The maximum atomic E-state index is 11.3. The number of ether oxygens (including phenoxy) is 2. The maximum Gasteiger partial charge on any atom is 0.223 e. The molecular formula is C17H19N3O3. The minimum Gasteiger partial charge on any atom is -0.493 e. The van der Waals surface area contributed by atoms with Crippen LogP contribution in [-0.4, -0.2) is 30.0 Å². The van der Waals surface area contributed by atoms with Crippen molar-refractivity contribution in [2.45, 2.75) is 25.8 Å². The average Bonchev–Trinajstić information content (AvgIpc) is 2.96. The monoisotopic (exact) mass is 313 g/mol. The van der Waals surface area contributed by atoms with Gasteiger partial charge in [-0.25, -0.2) is 9.97 Å². The second-order valence-electron chi connectivity index (χ2n) is 5.49. The Morgan fingerprint density at radius 2 is 1.83 bits per heavy atom. The minimum atomic E-state index is -0.0420. The second kappa shape index (κ2) is 6.24. The summed E-state index contributed by atoms with van der Waals surface area (Å²) in [5.74, 6) is 1.93. The summed E-state index contributed by atoms with van der Waals surface area (Å²) in [4.78, 5) is 19.7. The lowest BCUT2D eigenvalue weighted by Gasteiger charge is -2.16. The zero-order valence-electron chi connectivity index (χ0n) is 13.4. The van der Waals surface area contributed by atoms with E-state index in [4.69, 9.17) is 9.47 Å². The van der Waals surface area contributed by atoms with Gasteiger partial charge in [0.1, 0.15) is 0 Å². The van der Waals surface area contributed by atoms with Crippen LogP contribution in [0.2, 0.25) is 0 Å². The van der Waals surface area contributed by atoms with Crippen molar-refractivity contribution in [2.75, 3.05) is 19.5 Å². The topological polar surface area (TPSA) is 73.3 Å². The number of hydrogen-bond acceptors (Lipinski definition) is 6. The van der Waals surface area contributed by atoms with Gasteiger partial charge in [0.2, 0.25) is 5.95 Å².